The molecule has 0 spiro atoms. The van der Waals surface area contributed by atoms with E-state index in [-0.39, 0.29) is 6.61 Å². The molecule has 0 rings (SSSR count). The van der Waals surface area contributed by atoms with Gasteiger partial charge < -0.3 is 5.11 Å². The molecule has 2 nitrogen and oxygen atoms in total. The smallest absolute Gasteiger partial charge is 0.0559 e. The molecule has 0 atom stereocenters. The van der Waals surface area contributed by atoms with E-state index >= 15 is 0 Å². The van der Waals surface area contributed by atoms with Gasteiger partial charge in [0.05, 0.1) is 6.61 Å². The first-order valence-corrected chi connectivity index (χ1v) is 3.66. The lowest BCUT2D eigenvalue weighted by molar-refractivity contribution is 0.235. The molecule has 1 N–H and O–H groups in total. The number of thiol groups is 2. The van der Waals surface area contributed by atoms with Gasteiger partial charge in [0.2, 0.25) is 0 Å². The van der Waals surface area contributed by atoms with Crippen molar-refractivity contribution in [2.24, 2.45) is 0 Å². The predicted molar refractivity (Wildman–Crippen MR) is 41.5 cm³/mol. The third kappa shape index (κ3) is 3.60. The highest BCUT2D eigenvalue weighted by Crippen LogP contribution is 1.90. The lowest BCUT2D eigenvalue weighted by Gasteiger charge is -2.13. The zero-order valence-corrected chi connectivity index (χ0v) is 6.41. The Kier molecular flexibility index (Phi) is 6.20. The first kappa shape index (κ1) is 8.62. The van der Waals surface area contributed by atoms with Crippen LogP contribution in [0.1, 0.15) is 0 Å². The van der Waals surface area contributed by atoms with E-state index in [9.17, 15) is 0 Å². The van der Waals surface area contributed by atoms with E-state index in [1.54, 1.807) is 0 Å². The van der Waals surface area contributed by atoms with Crippen LogP contribution in [0.4, 0.5) is 0 Å². The first-order chi connectivity index (χ1) is 3.85. The average molecular weight is 153 g/mol. The Morgan fingerprint density at radius 3 is 1.88 bits per heavy atom. The second-order valence-electron chi connectivity index (χ2n) is 1.40. The van der Waals surface area contributed by atoms with Crippen LogP contribution in [0.2, 0.25) is 0 Å². The van der Waals surface area contributed by atoms with E-state index in [0.717, 1.165) is 0 Å². The zero-order chi connectivity index (χ0) is 6.41. The molecule has 0 aromatic rings. The second-order valence-corrected chi connectivity index (χ2v) is 1.97. The number of nitrogens with zero attached hydrogens (tertiary/aromatic N) is 1. The van der Waals surface area contributed by atoms with Gasteiger partial charge >= 0.3 is 0 Å². The van der Waals surface area contributed by atoms with E-state index < -0.39 is 0 Å². The van der Waals surface area contributed by atoms with Crippen molar-refractivity contribution < 1.29 is 5.11 Å². The van der Waals surface area contributed by atoms with Crippen LogP contribution in [-0.2, 0) is 0 Å². The van der Waals surface area contributed by atoms with Gasteiger partial charge in [-0.1, -0.05) is 0 Å². The number of hydrogen-bond acceptors (Lipinski definition) is 4. The van der Waals surface area contributed by atoms with Gasteiger partial charge in [0.15, 0.2) is 0 Å². The van der Waals surface area contributed by atoms with Crippen molar-refractivity contribution in [3.63, 3.8) is 0 Å². The molecule has 0 saturated carbocycles. The van der Waals surface area contributed by atoms with E-state index in [1.165, 1.54) is 0 Å². The topological polar surface area (TPSA) is 23.5 Å². The van der Waals surface area contributed by atoms with Gasteiger partial charge in [-0.3, -0.25) is 4.90 Å². The maximum Gasteiger partial charge on any atom is 0.0559 e. The largest absolute Gasteiger partial charge is 0.395 e. The molecule has 0 aliphatic heterocycles. The second kappa shape index (κ2) is 5.75. The van der Waals surface area contributed by atoms with Gasteiger partial charge in [-0.25, -0.2) is 0 Å². The average Bonchev–Trinajstić information content (AvgIpc) is 1.83. The molecule has 4 heteroatoms. The van der Waals surface area contributed by atoms with Crippen LogP contribution >= 0.6 is 25.3 Å². The summed E-state index contributed by atoms with van der Waals surface area (Å²) < 4.78 is 0. The van der Waals surface area contributed by atoms with Gasteiger partial charge in [-0.15, -0.1) is 0 Å². The van der Waals surface area contributed by atoms with E-state index in [0.29, 0.717) is 18.3 Å². The molecule has 0 aromatic heterocycles. The molecule has 0 saturated heterocycles. The molecular formula is C4H11NOS2. The summed E-state index contributed by atoms with van der Waals surface area (Å²) in [4.78, 5) is 1.91. The fourth-order valence-electron chi connectivity index (χ4n) is 0.328. The van der Waals surface area contributed by atoms with Gasteiger partial charge in [0.1, 0.15) is 0 Å². The van der Waals surface area contributed by atoms with Crippen LogP contribution < -0.4 is 0 Å². The molecule has 0 heterocycles. The molecule has 8 heavy (non-hydrogen) atoms. The molecule has 0 aromatic carbocycles. The minimum atomic E-state index is 0.182. The number of rotatable bonds is 4. The van der Waals surface area contributed by atoms with Crippen molar-refractivity contribution in [3.8, 4) is 0 Å². The van der Waals surface area contributed by atoms with E-state index in [4.69, 9.17) is 5.11 Å². The maximum atomic E-state index is 8.39. The van der Waals surface area contributed by atoms with Gasteiger partial charge in [0, 0.05) is 18.3 Å². The summed E-state index contributed by atoms with van der Waals surface area (Å²) in [7, 11) is 0. The number of hydrogen-bond donors (Lipinski definition) is 3. The molecule has 0 amide bonds. The van der Waals surface area contributed by atoms with Crippen molar-refractivity contribution in [2.45, 2.75) is 0 Å². The molecule has 0 fully saturated rings. The summed E-state index contributed by atoms with van der Waals surface area (Å²) >= 11 is 7.99. The number of aliphatic hydroxyl groups is 1. The SMILES string of the molecule is OCCN(CS)CS. The maximum absolute atomic E-state index is 8.39. The Morgan fingerprint density at radius 2 is 1.75 bits per heavy atom. The quantitative estimate of drug-likeness (QED) is 0.393. The normalized spacial score (nSPS) is 10.5. The van der Waals surface area contributed by atoms with Crippen molar-refractivity contribution >= 4 is 25.3 Å². The molecule has 0 aliphatic rings. The molecule has 0 radical (unpaired) electrons. The summed E-state index contributed by atoms with van der Waals surface area (Å²) in [6, 6.07) is 0. The Bertz CT molecular complexity index is 49.3. The highest BCUT2D eigenvalue weighted by atomic mass is 32.1. The van der Waals surface area contributed by atoms with Crippen molar-refractivity contribution in [3.05, 3.63) is 0 Å². The summed E-state index contributed by atoms with van der Waals surface area (Å²) in [6.45, 7) is 0.841. The van der Waals surface area contributed by atoms with Crippen molar-refractivity contribution in [1.29, 1.82) is 0 Å². The fraction of sp³-hybridized carbons (Fsp3) is 1.00. The predicted octanol–water partition coefficient (Wildman–Crippen LogP) is 0.0553. The fourth-order valence-corrected chi connectivity index (χ4v) is 0.968. The minimum absolute atomic E-state index is 0.182. The minimum Gasteiger partial charge on any atom is -0.395 e. The molecular weight excluding hydrogens is 142 g/mol. The van der Waals surface area contributed by atoms with Crippen LogP contribution in [0.3, 0.4) is 0 Å². The monoisotopic (exact) mass is 153 g/mol. The lowest BCUT2D eigenvalue weighted by Crippen LogP contribution is -2.23. The molecule has 0 unspecified atom stereocenters. The summed E-state index contributed by atoms with van der Waals surface area (Å²) in [5.41, 5.74) is 0. The van der Waals surface area contributed by atoms with E-state index in [1.807, 2.05) is 4.90 Å². The summed E-state index contributed by atoms with van der Waals surface area (Å²) in [5, 5.41) is 8.39. The van der Waals surface area contributed by atoms with E-state index in [2.05, 4.69) is 25.3 Å². The zero-order valence-electron chi connectivity index (χ0n) is 4.62. The Balaban J connectivity index is 3.07. The molecule has 50 valence electrons. The third-order valence-electron chi connectivity index (χ3n) is 0.816. The van der Waals surface area contributed by atoms with Crippen LogP contribution in [0, 0.1) is 0 Å². The standard InChI is InChI=1S/C4H11NOS2/c6-2-1-5(3-7)4-8/h6-8H,1-4H2. The first-order valence-electron chi connectivity index (χ1n) is 2.40. The van der Waals surface area contributed by atoms with Gasteiger partial charge in [-0.05, 0) is 0 Å². The Labute approximate surface area is 60.7 Å². The summed E-state index contributed by atoms with van der Waals surface area (Å²) in [6.07, 6.45) is 0. The van der Waals surface area contributed by atoms with Crippen molar-refractivity contribution in [1.82, 2.24) is 4.90 Å². The van der Waals surface area contributed by atoms with Gasteiger partial charge in [-0.2, -0.15) is 25.3 Å². The van der Waals surface area contributed by atoms with Crippen LogP contribution in [-0.4, -0.2) is 34.9 Å². The molecule has 0 aliphatic carbocycles. The Morgan fingerprint density at radius 1 is 1.25 bits per heavy atom. The van der Waals surface area contributed by atoms with Gasteiger partial charge in [0.25, 0.3) is 0 Å². The molecule has 0 bridgehead atoms. The van der Waals surface area contributed by atoms with Crippen molar-refractivity contribution in [2.75, 3.05) is 24.9 Å². The number of aliphatic hydroxyl groups excluding tert-OH is 1. The van der Waals surface area contributed by atoms with Crippen LogP contribution in [0.5, 0.6) is 0 Å². The third-order valence-corrected chi connectivity index (χ3v) is 1.62. The van der Waals surface area contributed by atoms with Crippen LogP contribution in [0.15, 0.2) is 0 Å². The summed E-state index contributed by atoms with van der Waals surface area (Å²) in [5.74, 6) is 1.31. The van der Waals surface area contributed by atoms with Crippen LogP contribution in [0.25, 0.3) is 0 Å². The highest BCUT2D eigenvalue weighted by Gasteiger charge is 1.94. The lowest BCUT2D eigenvalue weighted by atomic mass is 10.6. The highest BCUT2D eigenvalue weighted by molar-refractivity contribution is 7.81. The Hall–Kier alpha value is 0.620.